The third-order valence-electron chi connectivity index (χ3n) is 4.00. The fourth-order valence-electron chi connectivity index (χ4n) is 2.80. The van der Waals surface area contributed by atoms with Crippen LogP contribution in [-0.4, -0.2) is 22.3 Å². The molecule has 1 atom stereocenters. The van der Waals surface area contributed by atoms with E-state index in [0.717, 1.165) is 39.4 Å². The second-order valence-corrected chi connectivity index (χ2v) is 6.31. The zero-order chi connectivity index (χ0) is 15.9. The van der Waals surface area contributed by atoms with E-state index >= 15 is 0 Å². The second-order valence-electron chi connectivity index (χ2n) is 5.40. The first-order chi connectivity index (χ1) is 10.5. The van der Waals surface area contributed by atoms with Gasteiger partial charge in [0.25, 0.3) is 0 Å². The summed E-state index contributed by atoms with van der Waals surface area (Å²) in [6.45, 7) is 7.06. The number of hydrogen-bond donors (Lipinski definition) is 1. The van der Waals surface area contributed by atoms with Crippen molar-refractivity contribution in [3.05, 3.63) is 39.6 Å². The Labute approximate surface area is 137 Å². The van der Waals surface area contributed by atoms with Crippen molar-refractivity contribution in [2.75, 3.05) is 11.9 Å². The molecule has 2 aromatic rings. The molecule has 0 spiro atoms. The number of rotatable bonds is 3. The highest BCUT2D eigenvalue weighted by Crippen LogP contribution is 2.36. The van der Waals surface area contributed by atoms with Crippen LogP contribution in [0.5, 0.6) is 5.75 Å². The number of aryl methyl sites for hydroxylation is 2. The van der Waals surface area contributed by atoms with Crippen LogP contribution in [0.15, 0.2) is 22.7 Å². The Morgan fingerprint density at radius 2 is 2.27 bits per heavy atom. The monoisotopic (exact) mass is 363 g/mol. The Bertz CT molecular complexity index is 739. The number of halogens is 1. The third kappa shape index (κ3) is 2.52. The number of fused-ring (bicyclic) bond motifs is 1. The lowest BCUT2D eigenvalue weighted by Gasteiger charge is -2.11. The van der Waals surface area contributed by atoms with E-state index in [1.807, 2.05) is 43.7 Å². The van der Waals surface area contributed by atoms with Crippen molar-refractivity contribution in [2.24, 2.45) is 0 Å². The van der Waals surface area contributed by atoms with Crippen LogP contribution in [0.1, 0.15) is 29.8 Å². The number of ether oxygens (including phenoxy) is 1. The van der Waals surface area contributed by atoms with Crippen molar-refractivity contribution >= 4 is 27.5 Å². The molecule has 22 heavy (non-hydrogen) atoms. The molecule has 0 bridgehead atoms. The Morgan fingerprint density at radius 3 is 2.95 bits per heavy atom. The predicted octanol–water partition coefficient (Wildman–Crippen LogP) is 3.40. The third-order valence-corrected chi connectivity index (χ3v) is 4.49. The van der Waals surface area contributed by atoms with Gasteiger partial charge in [-0.25, -0.2) is 0 Å². The molecule has 2 heterocycles. The molecule has 6 heteroatoms. The number of nitrogens with zero attached hydrogens (tertiary/aromatic N) is 2. The maximum Gasteiger partial charge on any atom is 0.235 e. The summed E-state index contributed by atoms with van der Waals surface area (Å²) in [7, 11) is 0. The van der Waals surface area contributed by atoms with Crippen molar-refractivity contribution in [3.63, 3.8) is 0 Å². The predicted molar refractivity (Wildman–Crippen MR) is 88.4 cm³/mol. The van der Waals surface area contributed by atoms with Gasteiger partial charge < -0.3 is 10.1 Å². The molecule has 5 nitrogen and oxygen atoms in total. The first-order valence-corrected chi connectivity index (χ1v) is 8.07. The first kappa shape index (κ1) is 15.1. The Hall–Kier alpha value is -1.82. The minimum atomic E-state index is -0.295. The van der Waals surface area contributed by atoms with Crippen LogP contribution in [0.4, 0.5) is 5.69 Å². The van der Waals surface area contributed by atoms with Gasteiger partial charge in [0.2, 0.25) is 5.91 Å². The number of benzene rings is 1. The average Bonchev–Trinajstić information content (AvgIpc) is 3.02. The molecule has 0 radical (unpaired) electrons. The highest BCUT2D eigenvalue weighted by molar-refractivity contribution is 9.10. The zero-order valence-electron chi connectivity index (χ0n) is 12.8. The van der Waals surface area contributed by atoms with Crippen LogP contribution in [-0.2, 0) is 11.3 Å². The molecule has 116 valence electrons. The standard InChI is InChI=1S/C16H18BrN3O2/c1-4-20-10(3)15(9(2)19-20)18-16(21)13-8-22-14-6-5-11(17)7-12(13)14/h5-7,13H,4,8H2,1-3H3,(H,18,21). The van der Waals surface area contributed by atoms with E-state index in [0.29, 0.717) is 6.61 Å². The SMILES string of the molecule is CCn1nc(C)c(NC(=O)C2COc3ccc(Br)cc32)c1C. The van der Waals surface area contributed by atoms with Gasteiger partial charge >= 0.3 is 0 Å². The summed E-state index contributed by atoms with van der Waals surface area (Å²) >= 11 is 3.44. The second kappa shape index (κ2) is 5.76. The minimum Gasteiger partial charge on any atom is -0.492 e. The average molecular weight is 364 g/mol. The van der Waals surface area contributed by atoms with E-state index in [-0.39, 0.29) is 11.8 Å². The molecule has 1 N–H and O–H groups in total. The van der Waals surface area contributed by atoms with E-state index in [1.54, 1.807) is 0 Å². The van der Waals surface area contributed by atoms with Gasteiger partial charge in [0.1, 0.15) is 18.3 Å². The molecule has 0 saturated heterocycles. The lowest BCUT2D eigenvalue weighted by molar-refractivity contribution is -0.117. The number of amides is 1. The van der Waals surface area contributed by atoms with Gasteiger partial charge in [-0.2, -0.15) is 5.10 Å². The van der Waals surface area contributed by atoms with Gasteiger partial charge in [0.15, 0.2) is 0 Å². The molecule has 0 fully saturated rings. The molecular weight excluding hydrogens is 346 g/mol. The molecule has 0 saturated carbocycles. The van der Waals surface area contributed by atoms with Crippen LogP contribution in [0.2, 0.25) is 0 Å². The number of hydrogen-bond acceptors (Lipinski definition) is 3. The quantitative estimate of drug-likeness (QED) is 0.908. The van der Waals surface area contributed by atoms with Gasteiger partial charge in [0, 0.05) is 16.6 Å². The summed E-state index contributed by atoms with van der Waals surface area (Å²) in [4.78, 5) is 12.6. The fraction of sp³-hybridized carbons (Fsp3) is 0.375. The number of carbonyl (C=O) groups excluding carboxylic acids is 1. The smallest absolute Gasteiger partial charge is 0.235 e. The van der Waals surface area contributed by atoms with Crippen LogP contribution in [0.3, 0.4) is 0 Å². The molecule has 1 aromatic carbocycles. The number of nitrogens with one attached hydrogen (secondary N) is 1. The Kier molecular flexibility index (Phi) is 3.95. The lowest BCUT2D eigenvalue weighted by Crippen LogP contribution is -2.22. The summed E-state index contributed by atoms with van der Waals surface area (Å²) in [5.41, 5.74) is 3.53. The van der Waals surface area contributed by atoms with Gasteiger partial charge in [-0.3, -0.25) is 9.48 Å². The van der Waals surface area contributed by atoms with Crippen LogP contribution in [0, 0.1) is 13.8 Å². The number of aromatic nitrogens is 2. The Balaban J connectivity index is 1.86. The van der Waals surface area contributed by atoms with Crippen molar-refractivity contribution < 1.29 is 9.53 Å². The van der Waals surface area contributed by atoms with Crippen LogP contribution in [0.25, 0.3) is 0 Å². The molecule has 1 aliphatic heterocycles. The van der Waals surface area contributed by atoms with Gasteiger partial charge in [-0.1, -0.05) is 15.9 Å². The molecule has 1 aliphatic rings. The normalized spacial score (nSPS) is 16.3. The fourth-order valence-corrected chi connectivity index (χ4v) is 3.18. The highest BCUT2D eigenvalue weighted by Gasteiger charge is 2.31. The summed E-state index contributed by atoms with van der Waals surface area (Å²) in [5.74, 6) is 0.427. The molecule has 1 aromatic heterocycles. The molecule has 0 aliphatic carbocycles. The maximum absolute atomic E-state index is 12.6. The topological polar surface area (TPSA) is 56.2 Å². The molecule has 1 unspecified atom stereocenters. The molecular formula is C16H18BrN3O2. The van der Waals surface area contributed by atoms with E-state index in [2.05, 4.69) is 26.3 Å². The van der Waals surface area contributed by atoms with E-state index in [1.165, 1.54) is 0 Å². The van der Waals surface area contributed by atoms with Crippen molar-refractivity contribution in [1.82, 2.24) is 9.78 Å². The maximum atomic E-state index is 12.6. The van der Waals surface area contributed by atoms with Crippen molar-refractivity contribution in [2.45, 2.75) is 33.2 Å². The van der Waals surface area contributed by atoms with E-state index in [4.69, 9.17) is 4.74 Å². The minimum absolute atomic E-state index is 0.0568. The molecule has 1 amide bonds. The van der Waals surface area contributed by atoms with E-state index in [9.17, 15) is 4.79 Å². The molecule has 3 rings (SSSR count). The largest absolute Gasteiger partial charge is 0.492 e. The lowest BCUT2D eigenvalue weighted by atomic mass is 10.0. The summed E-state index contributed by atoms with van der Waals surface area (Å²) in [6.07, 6.45) is 0. The zero-order valence-corrected chi connectivity index (χ0v) is 14.4. The number of anilines is 1. The van der Waals surface area contributed by atoms with Crippen LogP contribution < -0.4 is 10.1 Å². The van der Waals surface area contributed by atoms with Crippen molar-refractivity contribution in [3.8, 4) is 5.75 Å². The Morgan fingerprint density at radius 1 is 1.50 bits per heavy atom. The summed E-state index contributed by atoms with van der Waals surface area (Å²) < 4.78 is 8.44. The van der Waals surface area contributed by atoms with Crippen LogP contribution >= 0.6 is 15.9 Å². The number of carbonyl (C=O) groups is 1. The van der Waals surface area contributed by atoms with Gasteiger partial charge in [0.05, 0.1) is 17.1 Å². The van der Waals surface area contributed by atoms with Crippen molar-refractivity contribution in [1.29, 1.82) is 0 Å². The van der Waals surface area contributed by atoms with E-state index < -0.39 is 0 Å². The summed E-state index contributed by atoms with van der Waals surface area (Å²) in [6, 6.07) is 5.75. The summed E-state index contributed by atoms with van der Waals surface area (Å²) in [5, 5.41) is 7.45. The first-order valence-electron chi connectivity index (χ1n) is 7.28. The van der Waals surface area contributed by atoms with Gasteiger partial charge in [-0.05, 0) is 39.0 Å². The highest BCUT2D eigenvalue weighted by atomic mass is 79.9. The van der Waals surface area contributed by atoms with Gasteiger partial charge in [-0.15, -0.1) is 0 Å².